The molecule has 0 aliphatic rings. The molecular weight excluding hydrogens is 451 g/mol. The molecule has 1 aromatic heterocycles. The lowest BCUT2D eigenvalue weighted by Crippen LogP contribution is -2.12. The van der Waals surface area contributed by atoms with E-state index in [0.717, 1.165) is 54.7 Å². The van der Waals surface area contributed by atoms with Crippen LogP contribution in [0.1, 0.15) is 78.1 Å². The van der Waals surface area contributed by atoms with Crippen molar-refractivity contribution < 1.29 is 13.9 Å². The van der Waals surface area contributed by atoms with E-state index in [4.69, 9.17) is 9.47 Å². The van der Waals surface area contributed by atoms with E-state index in [1.54, 1.807) is 0 Å². The topological polar surface area (TPSA) is 44.2 Å². The number of nitrogens with zero attached hydrogens (tertiary/aromatic N) is 2. The third-order valence-electron chi connectivity index (χ3n) is 6.27. The molecule has 0 radical (unpaired) electrons. The van der Waals surface area contributed by atoms with Gasteiger partial charge in [0.25, 0.3) is 0 Å². The number of benzene rings is 2. The van der Waals surface area contributed by atoms with E-state index in [1.165, 1.54) is 32.1 Å². The van der Waals surface area contributed by atoms with Crippen LogP contribution in [-0.2, 0) is 0 Å². The Kier molecular flexibility index (Phi) is 12.2. The Morgan fingerprint density at radius 1 is 0.639 bits per heavy atom. The van der Waals surface area contributed by atoms with Crippen LogP contribution in [0.2, 0.25) is 0 Å². The van der Waals surface area contributed by atoms with Crippen molar-refractivity contribution in [3.8, 4) is 34.0 Å². The van der Waals surface area contributed by atoms with E-state index in [9.17, 15) is 4.39 Å². The van der Waals surface area contributed by atoms with Gasteiger partial charge in [-0.25, -0.2) is 14.4 Å². The predicted molar refractivity (Wildman–Crippen MR) is 146 cm³/mol. The smallest absolute Gasteiger partial charge is 0.159 e. The summed E-state index contributed by atoms with van der Waals surface area (Å²) < 4.78 is 25.6. The minimum absolute atomic E-state index is 0.100. The normalized spacial score (nSPS) is 11.9. The third-order valence-corrected chi connectivity index (χ3v) is 6.27. The van der Waals surface area contributed by atoms with Crippen molar-refractivity contribution in [1.29, 1.82) is 0 Å². The fourth-order valence-corrected chi connectivity index (χ4v) is 4.00. The first-order valence-electron chi connectivity index (χ1n) is 13.6. The lowest BCUT2D eigenvalue weighted by molar-refractivity contribution is 0.184. The second-order valence-electron chi connectivity index (χ2n) is 9.36. The molecule has 0 N–H and O–H groups in total. The number of alkyl halides is 1. The summed E-state index contributed by atoms with van der Waals surface area (Å²) in [6, 6.07) is 15.5. The van der Waals surface area contributed by atoms with Crippen LogP contribution in [0.15, 0.2) is 60.9 Å². The number of rotatable bonds is 17. The van der Waals surface area contributed by atoms with Gasteiger partial charge in [-0.05, 0) is 54.8 Å². The predicted octanol–water partition coefficient (Wildman–Crippen LogP) is 8.85. The van der Waals surface area contributed by atoms with Crippen molar-refractivity contribution in [3.05, 3.63) is 60.9 Å². The van der Waals surface area contributed by atoms with Crippen LogP contribution < -0.4 is 9.47 Å². The zero-order chi connectivity index (χ0) is 25.4. The Bertz CT molecular complexity index is 975. The summed E-state index contributed by atoms with van der Waals surface area (Å²) in [5, 5.41) is 0. The third kappa shape index (κ3) is 9.60. The van der Waals surface area contributed by atoms with Crippen LogP contribution in [0.4, 0.5) is 4.39 Å². The molecule has 0 bridgehead atoms. The number of ether oxygens (including phenoxy) is 2. The molecule has 3 aromatic rings. The molecule has 0 aliphatic carbocycles. The summed E-state index contributed by atoms with van der Waals surface area (Å²) in [4.78, 5) is 9.07. The Morgan fingerprint density at radius 2 is 1.19 bits per heavy atom. The lowest BCUT2D eigenvalue weighted by Gasteiger charge is -2.11. The van der Waals surface area contributed by atoms with Crippen molar-refractivity contribution in [3.63, 3.8) is 0 Å². The largest absolute Gasteiger partial charge is 0.494 e. The average molecular weight is 493 g/mol. The first kappa shape index (κ1) is 27.6. The summed E-state index contributed by atoms with van der Waals surface area (Å²) >= 11 is 0. The SMILES string of the molecule is CCCCCCCCCC(F)COc1ccc(-c2ncc(-c3ccc(OCCCC)cc3)cn2)cc1. The molecule has 36 heavy (non-hydrogen) atoms. The van der Waals surface area contributed by atoms with Crippen molar-refractivity contribution >= 4 is 0 Å². The van der Waals surface area contributed by atoms with Crippen molar-refractivity contribution in [1.82, 2.24) is 9.97 Å². The standard InChI is InChI=1S/C31H41FN2O2/c1-3-5-7-8-9-10-11-12-28(32)24-36-30-19-15-26(16-20-30)31-33-22-27(23-34-31)25-13-17-29(18-14-25)35-21-6-4-2/h13-20,22-23,28H,3-12,21,24H2,1-2H3. The molecule has 0 aliphatic heterocycles. The average Bonchev–Trinajstić information content (AvgIpc) is 2.92. The highest BCUT2D eigenvalue weighted by atomic mass is 19.1. The van der Waals surface area contributed by atoms with Gasteiger partial charge in [-0.1, -0.05) is 77.3 Å². The van der Waals surface area contributed by atoms with E-state index in [2.05, 4.69) is 23.8 Å². The van der Waals surface area contributed by atoms with Gasteiger partial charge in [-0.2, -0.15) is 0 Å². The molecule has 194 valence electrons. The van der Waals surface area contributed by atoms with Gasteiger partial charge in [0.1, 0.15) is 24.3 Å². The molecule has 2 aromatic carbocycles. The maximum atomic E-state index is 14.2. The molecule has 1 unspecified atom stereocenters. The van der Waals surface area contributed by atoms with Crippen LogP contribution in [0.25, 0.3) is 22.5 Å². The summed E-state index contributed by atoms with van der Waals surface area (Å²) in [5.74, 6) is 2.19. The highest BCUT2D eigenvalue weighted by Crippen LogP contribution is 2.24. The highest BCUT2D eigenvalue weighted by molar-refractivity contribution is 5.64. The van der Waals surface area contributed by atoms with Gasteiger partial charge >= 0.3 is 0 Å². The van der Waals surface area contributed by atoms with Crippen molar-refractivity contribution in [2.45, 2.75) is 84.2 Å². The number of unbranched alkanes of at least 4 members (excludes halogenated alkanes) is 7. The molecule has 3 rings (SSSR count). The maximum absolute atomic E-state index is 14.2. The lowest BCUT2D eigenvalue weighted by atomic mass is 10.1. The molecule has 1 heterocycles. The Morgan fingerprint density at radius 3 is 1.83 bits per heavy atom. The van der Waals surface area contributed by atoms with Crippen molar-refractivity contribution in [2.24, 2.45) is 0 Å². The van der Waals surface area contributed by atoms with E-state index in [0.29, 0.717) is 18.0 Å². The number of hydrogen-bond donors (Lipinski definition) is 0. The van der Waals surface area contributed by atoms with Crippen LogP contribution in [0, 0.1) is 0 Å². The van der Waals surface area contributed by atoms with Gasteiger partial charge in [0, 0.05) is 23.5 Å². The summed E-state index contributed by atoms with van der Waals surface area (Å²) in [6.45, 7) is 5.21. The molecule has 0 saturated heterocycles. The van der Waals surface area contributed by atoms with Crippen LogP contribution in [-0.4, -0.2) is 29.4 Å². The van der Waals surface area contributed by atoms with Crippen LogP contribution in [0.3, 0.4) is 0 Å². The van der Waals surface area contributed by atoms with Gasteiger partial charge in [-0.3, -0.25) is 0 Å². The van der Waals surface area contributed by atoms with Crippen molar-refractivity contribution in [2.75, 3.05) is 13.2 Å². The molecule has 0 fully saturated rings. The number of halogens is 1. The van der Waals surface area contributed by atoms with E-state index >= 15 is 0 Å². The zero-order valence-electron chi connectivity index (χ0n) is 21.9. The monoisotopic (exact) mass is 492 g/mol. The Balaban J connectivity index is 1.42. The Hall–Kier alpha value is -2.95. The molecule has 5 heteroatoms. The molecule has 4 nitrogen and oxygen atoms in total. The second kappa shape index (κ2) is 15.9. The van der Waals surface area contributed by atoms with Gasteiger partial charge in [-0.15, -0.1) is 0 Å². The molecule has 0 spiro atoms. The fourth-order valence-electron chi connectivity index (χ4n) is 4.00. The second-order valence-corrected chi connectivity index (χ2v) is 9.36. The number of hydrogen-bond acceptors (Lipinski definition) is 4. The molecule has 0 amide bonds. The first-order chi connectivity index (χ1) is 17.7. The number of aromatic nitrogens is 2. The quantitative estimate of drug-likeness (QED) is 0.177. The zero-order valence-corrected chi connectivity index (χ0v) is 21.9. The van der Waals surface area contributed by atoms with E-state index in [1.807, 2.05) is 60.9 Å². The Labute approximate surface area is 216 Å². The van der Waals surface area contributed by atoms with Crippen LogP contribution in [0.5, 0.6) is 11.5 Å². The molecule has 0 saturated carbocycles. The minimum Gasteiger partial charge on any atom is -0.494 e. The van der Waals surface area contributed by atoms with Crippen LogP contribution >= 0.6 is 0 Å². The van der Waals surface area contributed by atoms with E-state index in [-0.39, 0.29) is 6.61 Å². The summed E-state index contributed by atoms with van der Waals surface area (Å²) in [5.41, 5.74) is 2.90. The summed E-state index contributed by atoms with van der Waals surface area (Å²) in [6.07, 6.45) is 13.9. The molecular formula is C31H41FN2O2. The fraction of sp³-hybridized carbons (Fsp3) is 0.484. The molecule has 1 atom stereocenters. The van der Waals surface area contributed by atoms with Gasteiger partial charge < -0.3 is 9.47 Å². The van der Waals surface area contributed by atoms with Gasteiger partial charge in [0.2, 0.25) is 0 Å². The first-order valence-corrected chi connectivity index (χ1v) is 13.6. The minimum atomic E-state index is -0.923. The van der Waals surface area contributed by atoms with Gasteiger partial charge in [0.15, 0.2) is 5.82 Å². The van der Waals surface area contributed by atoms with E-state index < -0.39 is 6.17 Å². The van der Waals surface area contributed by atoms with Gasteiger partial charge in [0.05, 0.1) is 6.61 Å². The maximum Gasteiger partial charge on any atom is 0.159 e. The summed E-state index contributed by atoms with van der Waals surface area (Å²) in [7, 11) is 0. The highest BCUT2D eigenvalue weighted by Gasteiger charge is 2.09.